The molecule has 0 saturated heterocycles. The first kappa shape index (κ1) is 25.9. The molecule has 0 saturated carbocycles. The van der Waals surface area contributed by atoms with Crippen LogP contribution in [0.1, 0.15) is 21.5 Å². The van der Waals surface area contributed by atoms with Gasteiger partial charge < -0.3 is 20.5 Å². The Morgan fingerprint density at radius 3 is 1.97 bits per heavy atom. The summed E-state index contributed by atoms with van der Waals surface area (Å²) in [5, 5.41) is 25.8. The molecule has 0 aromatic heterocycles. The van der Waals surface area contributed by atoms with Crippen LogP contribution in [0.4, 0.5) is 5.69 Å². The number of benzene rings is 3. The number of methoxy groups -OCH3 is 1. The molecule has 0 aliphatic heterocycles. The third-order valence-electron chi connectivity index (χ3n) is 5.42. The SMILES string of the molecule is COC(=O)C(Cc1ccc(O)cc1)NC(=O)[C@H](Cc1ccc([N+](=O)[O-])cc1)NC(=O)c1ccccc1. The summed E-state index contributed by atoms with van der Waals surface area (Å²) in [6.45, 7) is 0. The topological polar surface area (TPSA) is 148 Å². The predicted molar refractivity (Wildman–Crippen MR) is 130 cm³/mol. The van der Waals surface area contributed by atoms with Crippen LogP contribution in [-0.4, -0.2) is 47.0 Å². The van der Waals surface area contributed by atoms with Crippen molar-refractivity contribution < 1.29 is 29.2 Å². The second-order valence-electron chi connectivity index (χ2n) is 7.97. The molecule has 0 aliphatic rings. The molecule has 0 radical (unpaired) electrons. The quantitative estimate of drug-likeness (QED) is 0.224. The molecule has 36 heavy (non-hydrogen) atoms. The highest BCUT2D eigenvalue weighted by molar-refractivity contribution is 5.98. The smallest absolute Gasteiger partial charge is 0.328 e. The maximum Gasteiger partial charge on any atom is 0.328 e. The average molecular weight is 492 g/mol. The van der Waals surface area contributed by atoms with E-state index in [1.54, 1.807) is 42.5 Å². The van der Waals surface area contributed by atoms with Crippen molar-refractivity contribution in [3.63, 3.8) is 0 Å². The van der Waals surface area contributed by atoms with Crippen molar-refractivity contribution in [1.29, 1.82) is 0 Å². The second-order valence-corrected chi connectivity index (χ2v) is 7.97. The molecule has 3 aromatic carbocycles. The number of phenolic OH excluding ortho intramolecular Hbond substituents is 1. The summed E-state index contributed by atoms with van der Waals surface area (Å²) < 4.78 is 4.84. The molecule has 1 unspecified atom stereocenters. The first-order chi connectivity index (χ1) is 17.3. The molecule has 0 spiro atoms. The van der Waals surface area contributed by atoms with Crippen LogP contribution < -0.4 is 10.6 Å². The molecule has 3 aromatic rings. The molecule has 0 aliphatic carbocycles. The second kappa shape index (κ2) is 12.1. The number of nitrogens with one attached hydrogen (secondary N) is 2. The van der Waals surface area contributed by atoms with E-state index in [0.29, 0.717) is 16.7 Å². The van der Waals surface area contributed by atoms with E-state index in [0.717, 1.165) is 0 Å². The minimum Gasteiger partial charge on any atom is -0.508 e. The summed E-state index contributed by atoms with van der Waals surface area (Å²) in [4.78, 5) is 48.9. The van der Waals surface area contributed by atoms with Crippen LogP contribution in [0.3, 0.4) is 0 Å². The highest BCUT2D eigenvalue weighted by Crippen LogP contribution is 2.15. The number of carbonyl (C=O) groups excluding carboxylic acids is 3. The van der Waals surface area contributed by atoms with Crippen LogP contribution in [0.5, 0.6) is 5.75 Å². The lowest BCUT2D eigenvalue weighted by molar-refractivity contribution is -0.384. The van der Waals surface area contributed by atoms with Crippen molar-refractivity contribution in [1.82, 2.24) is 10.6 Å². The molecular weight excluding hydrogens is 466 g/mol. The van der Waals surface area contributed by atoms with E-state index in [2.05, 4.69) is 10.6 Å². The third-order valence-corrected chi connectivity index (χ3v) is 5.42. The first-order valence-electron chi connectivity index (χ1n) is 11.0. The number of esters is 1. The van der Waals surface area contributed by atoms with Crippen molar-refractivity contribution in [3.8, 4) is 5.75 Å². The van der Waals surface area contributed by atoms with Crippen LogP contribution in [0.2, 0.25) is 0 Å². The maximum absolute atomic E-state index is 13.3. The standard InChI is InChI=1S/C26H25N3O7/c1-36-26(33)23(16-18-9-13-21(30)14-10-18)28-25(32)22(27-24(31)19-5-3-2-4-6-19)15-17-7-11-20(12-8-17)29(34)35/h2-14,22-23,30H,15-16H2,1H3,(H,27,31)(H,28,32)/t22-,23?/m0/s1. The summed E-state index contributed by atoms with van der Waals surface area (Å²) in [5.74, 6) is -1.75. The zero-order valence-corrected chi connectivity index (χ0v) is 19.4. The first-order valence-corrected chi connectivity index (χ1v) is 11.0. The Bertz CT molecular complexity index is 1210. The zero-order valence-electron chi connectivity index (χ0n) is 19.4. The van der Waals surface area contributed by atoms with E-state index in [1.807, 2.05) is 0 Å². The fourth-order valence-corrected chi connectivity index (χ4v) is 3.51. The summed E-state index contributed by atoms with van der Waals surface area (Å²) in [5.41, 5.74) is 1.48. The normalized spacial score (nSPS) is 12.1. The number of phenols is 1. The van der Waals surface area contributed by atoms with E-state index in [4.69, 9.17) is 4.74 Å². The Balaban J connectivity index is 1.82. The number of nitrogens with zero attached hydrogens (tertiary/aromatic N) is 1. The van der Waals surface area contributed by atoms with E-state index < -0.39 is 34.8 Å². The lowest BCUT2D eigenvalue weighted by atomic mass is 10.0. The zero-order chi connectivity index (χ0) is 26.1. The molecule has 3 rings (SSSR count). The molecular formula is C26H25N3O7. The molecule has 0 fully saturated rings. The minimum absolute atomic E-state index is 0.0233. The highest BCUT2D eigenvalue weighted by Gasteiger charge is 2.28. The van der Waals surface area contributed by atoms with Crippen LogP contribution in [0.25, 0.3) is 0 Å². The summed E-state index contributed by atoms with van der Waals surface area (Å²) in [6, 6.07) is 17.9. The molecule has 10 nitrogen and oxygen atoms in total. The van der Waals surface area contributed by atoms with E-state index in [1.165, 1.54) is 43.5 Å². The van der Waals surface area contributed by atoms with Gasteiger partial charge in [0.25, 0.3) is 11.6 Å². The number of rotatable bonds is 10. The highest BCUT2D eigenvalue weighted by atomic mass is 16.6. The van der Waals surface area contributed by atoms with Gasteiger partial charge in [-0.15, -0.1) is 0 Å². The van der Waals surface area contributed by atoms with Gasteiger partial charge in [0.2, 0.25) is 5.91 Å². The van der Waals surface area contributed by atoms with Crippen molar-refractivity contribution in [2.75, 3.05) is 7.11 Å². The number of nitro benzene ring substituents is 1. The number of ether oxygens (including phenoxy) is 1. The molecule has 2 atom stereocenters. The fraction of sp³-hybridized carbons (Fsp3) is 0.192. The number of nitro groups is 1. The maximum atomic E-state index is 13.3. The molecule has 186 valence electrons. The number of hydrogen-bond donors (Lipinski definition) is 3. The molecule has 0 heterocycles. The molecule has 3 N–H and O–H groups in total. The lowest BCUT2D eigenvalue weighted by Gasteiger charge is -2.22. The van der Waals surface area contributed by atoms with Gasteiger partial charge in [-0.1, -0.05) is 42.5 Å². The van der Waals surface area contributed by atoms with E-state index >= 15 is 0 Å². The van der Waals surface area contributed by atoms with E-state index in [9.17, 15) is 29.6 Å². The largest absolute Gasteiger partial charge is 0.508 e. The van der Waals surface area contributed by atoms with Gasteiger partial charge in [0.1, 0.15) is 17.8 Å². The van der Waals surface area contributed by atoms with Crippen LogP contribution in [-0.2, 0) is 27.2 Å². The van der Waals surface area contributed by atoms with Gasteiger partial charge in [-0.05, 0) is 35.4 Å². The van der Waals surface area contributed by atoms with Crippen molar-refractivity contribution >= 4 is 23.5 Å². The Kier molecular flexibility index (Phi) is 8.71. The van der Waals surface area contributed by atoms with Crippen LogP contribution in [0.15, 0.2) is 78.9 Å². The Morgan fingerprint density at radius 2 is 1.42 bits per heavy atom. The predicted octanol–water partition coefficient (Wildman–Crippen LogP) is 2.54. The number of aromatic hydroxyl groups is 1. The van der Waals surface area contributed by atoms with Gasteiger partial charge in [0.05, 0.1) is 12.0 Å². The summed E-state index contributed by atoms with van der Waals surface area (Å²) >= 11 is 0. The van der Waals surface area contributed by atoms with Gasteiger partial charge in [-0.2, -0.15) is 0 Å². The number of hydrogen-bond acceptors (Lipinski definition) is 7. The molecule has 0 bridgehead atoms. The van der Waals surface area contributed by atoms with Gasteiger partial charge in [0.15, 0.2) is 0 Å². The minimum atomic E-state index is -1.09. The fourth-order valence-electron chi connectivity index (χ4n) is 3.51. The lowest BCUT2D eigenvalue weighted by Crippen LogP contribution is -2.53. The van der Waals surface area contributed by atoms with Crippen LogP contribution >= 0.6 is 0 Å². The Labute approximate surface area is 207 Å². The monoisotopic (exact) mass is 491 g/mol. The van der Waals surface area contributed by atoms with Gasteiger partial charge in [-0.3, -0.25) is 19.7 Å². The number of amides is 2. The number of carbonyl (C=O) groups is 3. The number of non-ortho nitro benzene ring substituents is 1. The Morgan fingerprint density at radius 1 is 0.861 bits per heavy atom. The van der Waals surface area contributed by atoms with E-state index in [-0.39, 0.29) is 24.3 Å². The van der Waals surface area contributed by atoms with Gasteiger partial charge in [0, 0.05) is 30.5 Å². The van der Waals surface area contributed by atoms with Crippen molar-refractivity contribution in [2.24, 2.45) is 0 Å². The van der Waals surface area contributed by atoms with Crippen molar-refractivity contribution in [2.45, 2.75) is 24.9 Å². The van der Waals surface area contributed by atoms with Crippen molar-refractivity contribution in [3.05, 3.63) is 106 Å². The van der Waals surface area contributed by atoms with Gasteiger partial charge in [-0.25, -0.2) is 4.79 Å². The molecule has 2 amide bonds. The average Bonchev–Trinajstić information content (AvgIpc) is 2.89. The van der Waals surface area contributed by atoms with Crippen LogP contribution in [0, 0.1) is 10.1 Å². The Hall–Kier alpha value is -4.73. The third kappa shape index (κ3) is 7.13. The summed E-state index contributed by atoms with van der Waals surface area (Å²) in [7, 11) is 1.20. The summed E-state index contributed by atoms with van der Waals surface area (Å²) in [6.07, 6.45) is 0.116. The van der Waals surface area contributed by atoms with Gasteiger partial charge >= 0.3 is 5.97 Å². The molecule has 10 heteroatoms.